The lowest BCUT2D eigenvalue weighted by Crippen LogP contribution is -1.88. The number of benzene rings is 2. The molecule has 29 heavy (non-hydrogen) atoms. The SMILES string of the molecule is COc1ccc(-c2csc(C(C#N)=Cc3cc4cc(C)ccc4nc3Cl)n2)cc1. The molecule has 0 unspecified atom stereocenters. The first-order valence-corrected chi connectivity index (χ1v) is 10.1. The van der Waals surface area contributed by atoms with Crippen LogP contribution in [0, 0.1) is 18.3 Å². The van der Waals surface area contributed by atoms with E-state index < -0.39 is 0 Å². The van der Waals surface area contributed by atoms with E-state index in [1.54, 1.807) is 13.2 Å². The fraction of sp³-hybridized carbons (Fsp3) is 0.0870. The first kappa shape index (κ1) is 19.1. The molecule has 0 fully saturated rings. The molecule has 4 aromatic rings. The first-order chi connectivity index (χ1) is 14.1. The van der Waals surface area contributed by atoms with Crippen LogP contribution in [0.15, 0.2) is 53.9 Å². The summed E-state index contributed by atoms with van der Waals surface area (Å²) in [4.78, 5) is 9.08. The molecule has 142 valence electrons. The van der Waals surface area contributed by atoms with Crippen LogP contribution < -0.4 is 4.74 Å². The molecule has 0 atom stereocenters. The molecule has 4 rings (SSSR count). The zero-order chi connectivity index (χ0) is 20.4. The molecule has 0 saturated heterocycles. The highest BCUT2D eigenvalue weighted by atomic mass is 35.5. The molecule has 6 heteroatoms. The van der Waals surface area contributed by atoms with Crippen molar-refractivity contribution in [2.24, 2.45) is 0 Å². The number of aryl methyl sites for hydroxylation is 1. The topological polar surface area (TPSA) is 58.8 Å². The molecule has 2 aromatic heterocycles. The molecule has 0 saturated carbocycles. The minimum absolute atomic E-state index is 0.362. The number of thiazole rings is 1. The summed E-state index contributed by atoms with van der Waals surface area (Å²) in [5.74, 6) is 0.787. The Bertz CT molecular complexity index is 1270. The van der Waals surface area contributed by atoms with Crippen LogP contribution in [0.1, 0.15) is 16.1 Å². The van der Waals surface area contributed by atoms with E-state index in [2.05, 4.69) is 16.0 Å². The maximum atomic E-state index is 9.71. The third kappa shape index (κ3) is 4.00. The van der Waals surface area contributed by atoms with Gasteiger partial charge in [0.1, 0.15) is 22.0 Å². The standard InChI is InChI=1S/C23H16ClN3OS/c1-14-3-8-20-16(9-14)10-17(22(24)26-20)11-18(12-25)23-27-21(13-29-23)15-4-6-19(28-2)7-5-15/h3-11,13H,1-2H3. The van der Waals surface area contributed by atoms with Crippen LogP contribution in [0.2, 0.25) is 5.15 Å². The minimum Gasteiger partial charge on any atom is -0.497 e. The van der Waals surface area contributed by atoms with Gasteiger partial charge < -0.3 is 4.74 Å². The minimum atomic E-state index is 0.362. The number of hydrogen-bond donors (Lipinski definition) is 0. The van der Waals surface area contributed by atoms with Gasteiger partial charge in [-0.15, -0.1) is 11.3 Å². The van der Waals surface area contributed by atoms with Crippen molar-refractivity contribution in [2.45, 2.75) is 6.92 Å². The highest BCUT2D eigenvalue weighted by Gasteiger charge is 2.11. The molecular formula is C23H16ClN3OS. The number of aromatic nitrogens is 2. The average molecular weight is 418 g/mol. The number of ether oxygens (including phenoxy) is 1. The van der Waals surface area contributed by atoms with Gasteiger partial charge in [0, 0.05) is 21.9 Å². The Labute approximate surface area is 177 Å². The van der Waals surface area contributed by atoms with Crippen LogP contribution >= 0.6 is 22.9 Å². The van der Waals surface area contributed by atoms with Crippen molar-refractivity contribution in [2.75, 3.05) is 7.11 Å². The predicted molar refractivity (Wildman–Crippen MR) is 119 cm³/mol. The normalized spacial score (nSPS) is 11.4. The van der Waals surface area contributed by atoms with Gasteiger partial charge in [0.2, 0.25) is 0 Å². The summed E-state index contributed by atoms with van der Waals surface area (Å²) in [7, 11) is 1.63. The van der Waals surface area contributed by atoms with Gasteiger partial charge in [0.25, 0.3) is 0 Å². The van der Waals surface area contributed by atoms with Crippen molar-refractivity contribution >= 4 is 45.5 Å². The highest BCUT2D eigenvalue weighted by molar-refractivity contribution is 7.11. The molecule has 0 bridgehead atoms. The Hall–Kier alpha value is -3.20. The maximum Gasteiger partial charge on any atom is 0.137 e. The largest absolute Gasteiger partial charge is 0.497 e. The van der Waals surface area contributed by atoms with Crippen LogP contribution in [0.25, 0.3) is 33.8 Å². The molecular weight excluding hydrogens is 402 g/mol. The Morgan fingerprint density at radius 1 is 1.14 bits per heavy atom. The fourth-order valence-corrected chi connectivity index (χ4v) is 3.97. The number of pyridine rings is 1. The van der Waals surface area contributed by atoms with Crippen LogP contribution in [0.4, 0.5) is 0 Å². The molecule has 2 heterocycles. The Kier molecular flexibility index (Phi) is 5.30. The Morgan fingerprint density at radius 2 is 1.93 bits per heavy atom. The summed E-state index contributed by atoms with van der Waals surface area (Å²) in [6.07, 6.45) is 1.74. The number of methoxy groups -OCH3 is 1. The predicted octanol–water partition coefficient (Wildman–Crippen LogP) is 6.39. The average Bonchev–Trinajstić information content (AvgIpc) is 3.22. The lowest BCUT2D eigenvalue weighted by atomic mass is 10.1. The van der Waals surface area contributed by atoms with E-state index in [4.69, 9.17) is 16.3 Å². The summed E-state index contributed by atoms with van der Waals surface area (Å²) in [6.45, 7) is 2.03. The summed E-state index contributed by atoms with van der Waals surface area (Å²) in [6, 6.07) is 17.8. The van der Waals surface area contributed by atoms with Crippen molar-refractivity contribution in [3.05, 3.63) is 75.2 Å². The maximum absolute atomic E-state index is 9.71. The van der Waals surface area contributed by atoms with Crippen molar-refractivity contribution in [3.63, 3.8) is 0 Å². The van der Waals surface area contributed by atoms with Gasteiger partial charge in [-0.2, -0.15) is 5.26 Å². The molecule has 0 aliphatic rings. The number of hydrogen-bond acceptors (Lipinski definition) is 5. The molecule has 0 amide bonds. The number of halogens is 1. The number of nitriles is 1. The van der Waals surface area contributed by atoms with E-state index in [1.165, 1.54) is 11.3 Å². The second-order valence-corrected chi connectivity index (χ2v) is 7.72. The zero-order valence-electron chi connectivity index (χ0n) is 15.8. The molecule has 0 radical (unpaired) electrons. The molecule has 0 aliphatic heterocycles. The third-order valence-corrected chi connectivity index (χ3v) is 5.67. The van der Waals surface area contributed by atoms with E-state index in [1.807, 2.05) is 60.8 Å². The molecule has 2 aromatic carbocycles. The van der Waals surface area contributed by atoms with Crippen molar-refractivity contribution in [3.8, 4) is 23.1 Å². The summed E-state index contributed by atoms with van der Waals surface area (Å²) in [5.41, 5.74) is 4.89. The van der Waals surface area contributed by atoms with Crippen molar-refractivity contribution < 1.29 is 4.74 Å². The van der Waals surface area contributed by atoms with Gasteiger partial charge in [0.05, 0.1) is 23.9 Å². The van der Waals surface area contributed by atoms with E-state index in [0.29, 0.717) is 21.3 Å². The molecule has 0 N–H and O–H groups in total. The number of rotatable bonds is 4. The number of fused-ring (bicyclic) bond motifs is 1. The van der Waals surface area contributed by atoms with E-state index >= 15 is 0 Å². The van der Waals surface area contributed by atoms with Gasteiger partial charge in [-0.05, 0) is 55.5 Å². The van der Waals surface area contributed by atoms with Gasteiger partial charge in [-0.25, -0.2) is 9.97 Å². The fourth-order valence-electron chi connectivity index (χ4n) is 2.98. The smallest absolute Gasteiger partial charge is 0.137 e. The Balaban J connectivity index is 1.71. The van der Waals surface area contributed by atoms with E-state index in [0.717, 1.165) is 33.5 Å². The summed E-state index contributed by atoms with van der Waals surface area (Å²) >= 11 is 7.79. The van der Waals surface area contributed by atoms with Crippen molar-refractivity contribution in [1.82, 2.24) is 9.97 Å². The van der Waals surface area contributed by atoms with Crippen LogP contribution in [0.5, 0.6) is 5.75 Å². The van der Waals surface area contributed by atoms with Crippen molar-refractivity contribution in [1.29, 1.82) is 5.26 Å². The lowest BCUT2D eigenvalue weighted by molar-refractivity contribution is 0.415. The number of allylic oxidation sites excluding steroid dienone is 1. The van der Waals surface area contributed by atoms with E-state index in [-0.39, 0.29) is 0 Å². The van der Waals surface area contributed by atoms with Gasteiger partial charge >= 0.3 is 0 Å². The summed E-state index contributed by atoms with van der Waals surface area (Å²) in [5, 5.41) is 13.6. The quantitative estimate of drug-likeness (QED) is 0.285. The van der Waals surface area contributed by atoms with E-state index in [9.17, 15) is 5.26 Å². The Morgan fingerprint density at radius 3 is 2.66 bits per heavy atom. The second-order valence-electron chi connectivity index (χ2n) is 6.50. The zero-order valence-corrected chi connectivity index (χ0v) is 17.4. The van der Waals surface area contributed by atoms with Crippen LogP contribution in [0.3, 0.4) is 0 Å². The highest BCUT2D eigenvalue weighted by Crippen LogP contribution is 2.30. The van der Waals surface area contributed by atoms with Crippen LogP contribution in [-0.2, 0) is 0 Å². The molecule has 0 spiro atoms. The first-order valence-electron chi connectivity index (χ1n) is 8.86. The molecule has 4 nitrogen and oxygen atoms in total. The van der Waals surface area contributed by atoms with Gasteiger partial charge in [-0.1, -0.05) is 23.2 Å². The molecule has 0 aliphatic carbocycles. The monoisotopic (exact) mass is 417 g/mol. The third-order valence-electron chi connectivity index (χ3n) is 4.49. The number of nitrogens with zero attached hydrogens (tertiary/aromatic N) is 3. The lowest BCUT2D eigenvalue weighted by Gasteiger charge is -2.04. The second kappa shape index (κ2) is 8.04. The van der Waals surface area contributed by atoms with Gasteiger partial charge in [-0.3, -0.25) is 0 Å². The van der Waals surface area contributed by atoms with Crippen LogP contribution in [-0.4, -0.2) is 17.1 Å². The van der Waals surface area contributed by atoms with Gasteiger partial charge in [0.15, 0.2) is 0 Å². The summed E-state index contributed by atoms with van der Waals surface area (Å²) < 4.78 is 5.19.